The van der Waals surface area contributed by atoms with Crippen molar-refractivity contribution in [1.29, 1.82) is 5.41 Å². The van der Waals surface area contributed by atoms with Gasteiger partial charge >= 0.3 is 0 Å². The first-order chi connectivity index (χ1) is 8.99. The number of nitrogens with zero attached hydrogens (tertiary/aromatic N) is 1. The molecule has 1 aromatic carbocycles. The van der Waals surface area contributed by atoms with Crippen molar-refractivity contribution < 1.29 is 9.13 Å². The maximum atomic E-state index is 13.4. The summed E-state index contributed by atoms with van der Waals surface area (Å²) in [5, 5.41) is 7.38. The van der Waals surface area contributed by atoms with Crippen LogP contribution in [0.25, 0.3) is 0 Å². The first-order valence-electron chi connectivity index (χ1n) is 5.11. The molecule has 0 bridgehead atoms. The second-order valence-electron chi connectivity index (χ2n) is 3.56. The summed E-state index contributed by atoms with van der Waals surface area (Å²) >= 11 is 8.86. The highest BCUT2D eigenvalue weighted by Crippen LogP contribution is 2.34. The van der Waals surface area contributed by atoms with Gasteiger partial charge in [0.2, 0.25) is 0 Å². The van der Waals surface area contributed by atoms with E-state index in [0.717, 1.165) is 6.07 Å². The van der Waals surface area contributed by atoms with Gasteiger partial charge in [-0.3, -0.25) is 5.41 Å². The second-order valence-corrected chi connectivity index (χ2v) is 4.82. The number of hydrogen-bond donors (Lipinski definition) is 2. The molecule has 1 aromatic heterocycles. The van der Waals surface area contributed by atoms with Crippen LogP contribution < -0.4 is 10.5 Å². The predicted molar refractivity (Wildman–Crippen MR) is 74.4 cm³/mol. The molecule has 0 saturated heterocycles. The van der Waals surface area contributed by atoms with Gasteiger partial charge in [0.1, 0.15) is 23.1 Å². The van der Waals surface area contributed by atoms with Gasteiger partial charge in [-0.1, -0.05) is 11.6 Å². The summed E-state index contributed by atoms with van der Waals surface area (Å²) in [5.74, 6) is -0.357. The molecule has 19 heavy (non-hydrogen) atoms. The van der Waals surface area contributed by atoms with E-state index in [4.69, 9.17) is 27.5 Å². The molecule has 98 valence electrons. The molecule has 3 N–H and O–H groups in total. The number of benzene rings is 1. The van der Waals surface area contributed by atoms with Gasteiger partial charge in [-0.05, 0) is 34.1 Å². The van der Waals surface area contributed by atoms with Crippen molar-refractivity contribution in [3.05, 3.63) is 51.5 Å². The minimum Gasteiger partial charge on any atom is -0.454 e. The van der Waals surface area contributed by atoms with Crippen molar-refractivity contribution >= 4 is 33.4 Å². The van der Waals surface area contributed by atoms with E-state index in [1.54, 1.807) is 12.1 Å². The number of aromatic nitrogens is 1. The van der Waals surface area contributed by atoms with Crippen molar-refractivity contribution in [1.82, 2.24) is 4.98 Å². The van der Waals surface area contributed by atoms with Crippen LogP contribution in [0.4, 0.5) is 4.39 Å². The average Bonchev–Trinajstić information content (AvgIpc) is 2.36. The lowest BCUT2D eigenvalue weighted by molar-refractivity contribution is 0.470. The normalized spacial score (nSPS) is 10.3. The lowest BCUT2D eigenvalue weighted by atomic mass is 10.3. The fraction of sp³-hybridized carbons (Fsp3) is 0. The van der Waals surface area contributed by atoms with E-state index in [1.165, 1.54) is 12.3 Å². The zero-order chi connectivity index (χ0) is 14.0. The van der Waals surface area contributed by atoms with E-state index in [2.05, 4.69) is 20.9 Å². The number of rotatable bonds is 3. The molecule has 1 heterocycles. The van der Waals surface area contributed by atoms with Gasteiger partial charge in [0.05, 0.1) is 9.50 Å². The molecule has 7 heteroatoms. The molecule has 4 nitrogen and oxygen atoms in total. The maximum Gasteiger partial charge on any atom is 0.156 e. The second kappa shape index (κ2) is 5.54. The highest BCUT2D eigenvalue weighted by molar-refractivity contribution is 9.10. The Bertz CT molecular complexity index is 651. The molecule has 0 aliphatic carbocycles. The lowest BCUT2D eigenvalue weighted by Crippen LogP contribution is -2.14. The van der Waals surface area contributed by atoms with Crippen LogP contribution in [0.3, 0.4) is 0 Å². The van der Waals surface area contributed by atoms with Crippen LogP contribution in [-0.4, -0.2) is 10.8 Å². The minimum atomic E-state index is -0.604. The number of nitrogens with one attached hydrogen (secondary N) is 1. The maximum absolute atomic E-state index is 13.4. The van der Waals surface area contributed by atoms with Gasteiger partial charge in [0, 0.05) is 12.3 Å². The van der Waals surface area contributed by atoms with Gasteiger partial charge in [-0.15, -0.1) is 0 Å². The number of pyridine rings is 1. The third-order valence-corrected chi connectivity index (χ3v) is 3.13. The van der Waals surface area contributed by atoms with Crippen LogP contribution in [0.2, 0.25) is 5.02 Å². The lowest BCUT2D eigenvalue weighted by Gasteiger charge is -2.11. The molecule has 0 aliphatic heterocycles. The van der Waals surface area contributed by atoms with Gasteiger partial charge in [-0.2, -0.15) is 0 Å². The highest BCUT2D eigenvalue weighted by atomic mass is 79.9. The molecule has 2 aromatic rings. The topological polar surface area (TPSA) is 72.0 Å². The quantitative estimate of drug-likeness (QED) is 0.506. The summed E-state index contributed by atoms with van der Waals surface area (Å²) in [6.07, 6.45) is 1.49. The number of hydrogen-bond acceptors (Lipinski definition) is 3. The first kappa shape index (κ1) is 13.8. The standard InChI is InChI=1S/C12H8BrClFN3O/c13-6-4-7(14)8(15)5-10(6)19-9-2-1-3-18-11(9)12(16)17/h1-5H,(H3,16,17). The Morgan fingerprint density at radius 2 is 2.16 bits per heavy atom. The fourth-order valence-corrected chi connectivity index (χ4v) is 2.10. The number of nitrogens with two attached hydrogens (primary N) is 1. The molecule has 0 aliphatic rings. The van der Waals surface area contributed by atoms with Crippen molar-refractivity contribution in [3.8, 4) is 11.5 Å². The van der Waals surface area contributed by atoms with Gasteiger partial charge in [0.15, 0.2) is 5.75 Å². The number of ether oxygens (including phenoxy) is 1. The summed E-state index contributed by atoms with van der Waals surface area (Å²) in [6, 6.07) is 5.74. The van der Waals surface area contributed by atoms with Gasteiger partial charge in [-0.25, -0.2) is 9.37 Å². The fourth-order valence-electron chi connectivity index (χ4n) is 1.38. The summed E-state index contributed by atoms with van der Waals surface area (Å²) in [6.45, 7) is 0. The number of amidine groups is 1. The molecule has 0 unspecified atom stereocenters. The van der Waals surface area contributed by atoms with E-state index >= 15 is 0 Å². The Morgan fingerprint density at radius 1 is 1.42 bits per heavy atom. The molecule has 0 spiro atoms. The third-order valence-electron chi connectivity index (χ3n) is 2.22. The van der Waals surface area contributed by atoms with Crippen molar-refractivity contribution in [2.24, 2.45) is 5.73 Å². The Kier molecular flexibility index (Phi) is 4.01. The predicted octanol–water partition coefficient (Wildman–Crippen LogP) is 3.71. The molecular weight excluding hydrogens is 337 g/mol. The van der Waals surface area contributed by atoms with Crippen molar-refractivity contribution in [2.75, 3.05) is 0 Å². The molecule has 0 atom stereocenters. The highest BCUT2D eigenvalue weighted by Gasteiger charge is 2.13. The Labute approximate surface area is 122 Å². The number of halogens is 3. The molecular formula is C12H8BrClFN3O. The zero-order valence-electron chi connectivity index (χ0n) is 9.45. The summed E-state index contributed by atoms with van der Waals surface area (Å²) in [7, 11) is 0. The Hall–Kier alpha value is -1.66. The van der Waals surface area contributed by atoms with Crippen LogP contribution in [0.15, 0.2) is 34.9 Å². The molecule has 0 fully saturated rings. The summed E-state index contributed by atoms with van der Waals surface area (Å²) in [5.41, 5.74) is 5.58. The van der Waals surface area contributed by atoms with Gasteiger partial charge < -0.3 is 10.5 Å². The van der Waals surface area contributed by atoms with E-state index in [0.29, 0.717) is 4.47 Å². The SMILES string of the molecule is N=C(N)c1ncccc1Oc1cc(F)c(Cl)cc1Br. The first-order valence-corrected chi connectivity index (χ1v) is 6.28. The van der Waals surface area contributed by atoms with Crippen LogP contribution in [-0.2, 0) is 0 Å². The Morgan fingerprint density at radius 3 is 2.84 bits per heavy atom. The van der Waals surface area contributed by atoms with Crippen LogP contribution in [0.1, 0.15) is 5.69 Å². The van der Waals surface area contributed by atoms with E-state index in [9.17, 15) is 4.39 Å². The van der Waals surface area contributed by atoms with Gasteiger partial charge in [0.25, 0.3) is 0 Å². The monoisotopic (exact) mass is 343 g/mol. The molecule has 0 radical (unpaired) electrons. The van der Waals surface area contributed by atoms with E-state index < -0.39 is 5.82 Å². The van der Waals surface area contributed by atoms with Crippen molar-refractivity contribution in [2.45, 2.75) is 0 Å². The average molecular weight is 345 g/mol. The molecule has 0 saturated carbocycles. The van der Waals surface area contributed by atoms with Crippen LogP contribution >= 0.6 is 27.5 Å². The smallest absolute Gasteiger partial charge is 0.156 e. The van der Waals surface area contributed by atoms with Crippen LogP contribution in [0, 0.1) is 11.2 Å². The summed E-state index contributed by atoms with van der Waals surface area (Å²) < 4.78 is 19.4. The largest absolute Gasteiger partial charge is 0.454 e. The Balaban J connectivity index is 2.42. The zero-order valence-corrected chi connectivity index (χ0v) is 11.8. The number of nitrogen functional groups attached to an aromatic ring is 1. The minimum absolute atomic E-state index is 0.0165. The summed E-state index contributed by atoms with van der Waals surface area (Å²) in [4.78, 5) is 3.93. The van der Waals surface area contributed by atoms with Crippen LogP contribution in [0.5, 0.6) is 11.5 Å². The third kappa shape index (κ3) is 3.02. The molecule has 0 amide bonds. The molecule has 2 rings (SSSR count). The van der Waals surface area contributed by atoms with E-state index in [-0.39, 0.29) is 28.1 Å². The van der Waals surface area contributed by atoms with E-state index in [1.807, 2.05) is 0 Å². The van der Waals surface area contributed by atoms with Crippen molar-refractivity contribution in [3.63, 3.8) is 0 Å².